The SMILES string of the molecule is COc1ccccc1CNC(=O)c1ccc(-c2noc([C@@H]3CCCN(C(=O)c4ccccc4)C3)n2)cc1. The van der Waals surface area contributed by atoms with Crippen LogP contribution < -0.4 is 10.1 Å². The van der Waals surface area contributed by atoms with Crippen molar-refractivity contribution in [2.75, 3.05) is 20.2 Å². The highest BCUT2D eigenvalue weighted by atomic mass is 16.5. The van der Waals surface area contributed by atoms with Gasteiger partial charge in [-0.3, -0.25) is 9.59 Å². The van der Waals surface area contributed by atoms with Gasteiger partial charge in [-0.25, -0.2) is 0 Å². The number of carbonyl (C=O) groups is 2. The number of carbonyl (C=O) groups excluding carboxylic acids is 2. The molecule has 0 radical (unpaired) electrons. The normalized spacial score (nSPS) is 15.3. The molecule has 37 heavy (non-hydrogen) atoms. The Kier molecular flexibility index (Phi) is 7.26. The van der Waals surface area contributed by atoms with Crippen LogP contribution in [0.2, 0.25) is 0 Å². The number of methoxy groups -OCH3 is 1. The molecule has 1 atom stereocenters. The molecule has 4 aromatic rings. The second-order valence-corrected chi connectivity index (χ2v) is 8.98. The van der Waals surface area contributed by atoms with Gasteiger partial charge in [0, 0.05) is 41.9 Å². The first-order valence-corrected chi connectivity index (χ1v) is 12.3. The number of benzene rings is 3. The topological polar surface area (TPSA) is 97.6 Å². The Morgan fingerprint density at radius 3 is 2.54 bits per heavy atom. The maximum atomic E-state index is 12.9. The number of hydrogen-bond acceptors (Lipinski definition) is 6. The van der Waals surface area contributed by atoms with Crippen LogP contribution >= 0.6 is 0 Å². The quantitative estimate of drug-likeness (QED) is 0.399. The van der Waals surface area contributed by atoms with Crippen molar-refractivity contribution in [1.82, 2.24) is 20.4 Å². The molecule has 3 aromatic carbocycles. The van der Waals surface area contributed by atoms with E-state index >= 15 is 0 Å². The molecule has 0 bridgehead atoms. The Labute approximate surface area is 215 Å². The summed E-state index contributed by atoms with van der Waals surface area (Å²) < 4.78 is 10.9. The molecule has 1 aromatic heterocycles. The summed E-state index contributed by atoms with van der Waals surface area (Å²) in [7, 11) is 1.61. The van der Waals surface area contributed by atoms with Crippen LogP contribution in [0, 0.1) is 0 Å². The first kappa shape index (κ1) is 24.2. The van der Waals surface area contributed by atoms with Crippen molar-refractivity contribution < 1.29 is 18.8 Å². The zero-order valence-corrected chi connectivity index (χ0v) is 20.6. The molecule has 2 amide bonds. The van der Waals surface area contributed by atoms with E-state index in [1.807, 2.05) is 59.5 Å². The van der Waals surface area contributed by atoms with E-state index in [1.165, 1.54) is 0 Å². The van der Waals surface area contributed by atoms with Gasteiger partial charge in [0.1, 0.15) is 5.75 Å². The van der Waals surface area contributed by atoms with Crippen LogP contribution in [0.1, 0.15) is 50.9 Å². The monoisotopic (exact) mass is 496 g/mol. The Bertz CT molecular complexity index is 1370. The average Bonchev–Trinajstić information content (AvgIpc) is 3.47. The maximum absolute atomic E-state index is 12.9. The lowest BCUT2D eigenvalue weighted by Crippen LogP contribution is -2.39. The molecule has 1 saturated heterocycles. The Morgan fingerprint density at radius 2 is 1.76 bits per heavy atom. The molecule has 0 saturated carbocycles. The summed E-state index contributed by atoms with van der Waals surface area (Å²) in [4.78, 5) is 32.0. The van der Waals surface area contributed by atoms with Crippen molar-refractivity contribution in [1.29, 1.82) is 0 Å². The van der Waals surface area contributed by atoms with Gasteiger partial charge in [-0.15, -0.1) is 0 Å². The zero-order valence-electron chi connectivity index (χ0n) is 20.6. The molecular weight excluding hydrogens is 468 g/mol. The predicted molar refractivity (Wildman–Crippen MR) is 138 cm³/mol. The second kappa shape index (κ2) is 11.1. The fourth-order valence-corrected chi connectivity index (χ4v) is 4.54. The number of nitrogens with one attached hydrogen (secondary N) is 1. The van der Waals surface area contributed by atoms with Gasteiger partial charge in [-0.1, -0.05) is 53.7 Å². The Balaban J connectivity index is 1.21. The lowest BCUT2D eigenvalue weighted by molar-refractivity contribution is 0.0695. The number of aromatic nitrogens is 2. The number of hydrogen-bond donors (Lipinski definition) is 1. The lowest BCUT2D eigenvalue weighted by Gasteiger charge is -2.31. The van der Waals surface area contributed by atoms with Gasteiger partial charge in [0.15, 0.2) is 0 Å². The number of piperidine rings is 1. The fraction of sp³-hybridized carbons (Fsp3) is 0.241. The summed E-state index contributed by atoms with van der Waals surface area (Å²) >= 11 is 0. The van der Waals surface area contributed by atoms with Gasteiger partial charge in [0.2, 0.25) is 11.7 Å². The Morgan fingerprint density at radius 1 is 1.00 bits per heavy atom. The molecule has 1 fully saturated rings. The minimum Gasteiger partial charge on any atom is -0.496 e. The molecular formula is C29H28N4O4. The van der Waals surface area contributed by atoms with Crippen LogP contribution in [0.25, 0.3) is 11.4 Å². The number of amides is 2. The fourth-order valence-electron chi connectivity index (χ4n) is 4.54. The minimum atomic E-state index is -0.184. The lowest BCUT2D eigenvalue weighted by atomic mass is 9.97. The van der Waals surface area contributed by atoms with Crippen LogP contribution in [0.3, 0.4) is 0 Å². The molecule has 1 N–H and O–H groups in total. The Hall–Kier alpha value is -4.46. The van der Waals surface area contributed by atoms with E-state index in [1.54, 1.807) is 31.4 Å². The first-order valence-electron chi connectivity index (χ1n) is 12.3. The van der Waals surface area contributed by atoms with E-state index in [0.29, 0.717) is 42.5 Å². The molecule has 8 heteroatoms. The van der Waals surface area contributed by atoms with Gasteiger partial charge in [0.25, 0.3) is 11.8 Å². The first-order chi connectivity index (χ1) is 18.1. The summed E-state index contributed by atoms with van der Waals surface area (Å²) in [6.07, 6.45) is 1.76. The van der Waals surface area contributed by atoms with E-state index in [-0.39, 0.29) is 17.7 Å². The van der Waals surface area contributed by atoms with Gasteiger partial charge in [0.05, 0.1) is 13.0 Å². The highest BCUT2D eigenvalue weighted by Gasteiger charge is 2.29. The van der Waals surface area contributed by atoms with Crippen LogP contribution in [-0.4, -0.2) is 47.1 Å². The van der Waals surface area contributed by atoms with Crippen molar-refractivity contribution in [3.63, 3.8) is 0 Å². The van der Waals surface area contributed by atoms with Gasteiger partial charge in [-0.05, 0) is 43.2 Å². The zero-order chi connectivity index (χ0) is 25.6. The van der Waals surface area contributed by atoms with E-state index < -0.39 is 0 Å². The number of nitrogens with zero attached hydrogens (tertiary/aromatic N) is 3. The number of rotatable bonds is 7. The van der Waals surface area contributed by atoms with Gasteiger partial charge >= 0.3 is 0 Å². The van der Waals surface area contributed by atoms with Crippen LogP contribution in [0.5, 0.6) is 5.75 Å². The average molecular weight is 497 g/mol. The van der Waals surface area contributed by atoms with E-state index in [2.05, 4.69) is 15.5 Å². The largest absolute Gasteiger partial charge is 0.496 e. The van der Waals surface area contributed by atoms with E-state index in [9.17, 15) is 9.59 Å². The summed E-state index contributed by atoms with van der Waals surface area (Å²) in [6.45, 7) is 1.62. The molecule has 1 aliphatic heterocycles. The summed E-state index contributed by atoms with van der Waals surface area (Å²) in [6, 6.07) is 24.0. The molecule has 2 heterocycles. The van der Waals surface area contributed by atoms with Crippen LogP contribution in [-0.2, 0) is 6.54 Å². The maximum Gasteiger partial charge on any atom is 0.253 e. The second-order valence-electron chi connectivity index (χ2n) is 8.98. The van der Waals surface area contributed by atoms with Gasteiger partial charge in [-0.2, -0.15) is 4.98 Å². The number of ether oxygens (including phenoxy) is 1. The molecule has 8 nitrogen and oxygen atoms in total. The van der Waals surface area contributed by atoms with Crippen molar-refractivity contribution in [2.45, 2.75) is 25.3 Å². The van der Waals surface area contributed by atoms with Crippen molar-refractivity contribution in [2.24, 2.45) is 0 Å². The van der Waals surface area contributed by atoms with Crippen LogP contribution in [0.15, 0.2) is 83.4 Å². The molecule has 0 unspecified atom stereocenters. The molecule has 1 aliphatic rings. The van der Waals surface area contributed by atoms with Crippen molar-refractivity contribution in [3.8, 4) is 17.1 Å². The number of para-hydroxylation sites is 1. The third-order valence-electron chi connectivity index (χ3n) is 6.56. The summed E-state index contributed by atoms with van der Waals surface area (Å²) in [5.41, 5.74) is 2.87. The van der Waals surface area contributed by atoms with Crippen molar-refractivity contribution >= 4 is 11.8 Å². The molecule has 0 aliphatic carbocycles. The predicted octanol–water partition coefficient (Wildman–Crippen LogP) is 4.70. The standard InChI is InChI=1S/C29H28N4O4/c1-36-25-12-6-5-10-23(25)18-30-27(34)21-15-13-20(14-16-21)26-31-28(37-32-26)24-11-7-17-33(19-24)29(35)22-8-3-2-4-9-22/h2-6,8-10,12-16,24H,7,11,17-19H2,1H3,(H,30,34)/t24-/m1/s1. The minimum absolute atomic E-state index is 0.0114. The smallest absolute Gasteiger partial charge is 0.253 e. The summed E-state index contributed by atoms with van der Waals surface area (Å²) in [5, 5.41) is 7.08. The third-order valence-corrected chi connectivity index (χ3v) is 6.56. The third kappa shape index (κ3) is 5.53. The summed E-state index contributed by atoms with van der Waals surface area (Å²) in [5.74, 6) is 1.54. The molecule has 188 valence electrons. The highest BCUT2D eigenvalue weighted by molar-refractivity contribution is 5.95. The van der Waals surface area contributed by atoms with Gasteiger partial charge < -0.3 is 19.5 Å². The highest BCUT2D eigenvalue weighted by Crippen LogP contribution is 2.28. The van der Waals surface area contributed by atoms with E-state index in [4.69, 9.17) is 9.26 Å². The molecule has 5 rings (SSSR count). The number of likely N-dealkylation sites (tertiary alicyclic amines) is 1. The van der Waals surface area contributed by atoms with E-state index in [0.717, 1.165) is 29.7 Å². The molecule has 0 spiro atoms. The van der Waals surface area contributed by atoms with Crippen LogP contribution in [0.4, 0.5) is 0 Å². The van der Waals surface area contributed by atoms with Crippen molar-refractivity contribution in [3.05, 3.63) is 101 Å².